The van der Waals surface area contributed by atoms with Crippen molar-refractivity contribution in [2.75, 3.05) is 6.54 Å². The maximum atomic E-state index is 15.0. The Morgan fingerprint density at radius 3 is 2.31 bits per heavy atom. The van der Waals surface area contributed by atoms with Crippen molar-refractivity contribution >= 4 is 50.5 Å². The molecule has 2 aliphatic carbocycles. The number of hydrogen-bond acceptors (Lipinski definition) is 11. The van der Waals surface area contributed by atoms with Crippen molar-refractivity contribution in [2.24, 2.45) is 17.3 Å². The summed E-state index contributed by atoms with van der Waals surface area (Å²) in [5.41, 5.74) is -0.686. The molecule has 2 saturated carbocycles. The van der Waals surface area contributed by atoms with Crippen LogP contribution >= 0.6 is 0 Å². The number of ketones is 1. The van der Waals surface area contributed by atoms with Gasteiger partial charge in [-0.05, 0) is 84.4 Å². The van der Waals surface area contributed by atoms with E-state index in [2.05, 4.69) is 17.9 Å². The molecule has 1 N–H and O–H groups in total. The minimum atomic E-state index is -3.92. The second-order valence-electron chi connectivity index (χ2n) is 17.5. The molecule has 1 aliphatic heterocycles. The first-order chi connectivity index (χ1) is 27.7. The van der Waals surface area contributed by atoms with Gasteiger partial charge in [-0.15, -0.1) is 6.58 Å². The summed E-state index contributed by atoms with van der Waals surface area (Å²) in [7, 11) is -3.92. The summed E-state index contributed by atoms with van der Waals surface area (Å²) < 4.78 is 45.9. The quantitative estimate of drug-likeness (QED) is 0.0993. The number of aromatic nitrogens is 1. The number of hydrogen-bond donors (Lipinski definition) is 1. The summed E-state index contributed by atoms with van der Waals surface area (Å²) in [6.07, 6.45) is 1.95. The van der Waals surface area contributed by atoms with E-state index in [1.54, 1.807) is 20.8 Å². The molecule has 6 rings (SSSR count). The number of esters is 2. The molecule has 1 saturated heterocycles. The average molecular weight is 828 g/mol. The van der Waals surface area contributed by atoms with Gasteiger partial charge in [0, 0.05) is 35.9 Å². The number of pyridine rings is 1. The number of ether oxygens (including phenoxy) is 3. The van der Waals surface area contributed by atoms with Gasteiger partial charge in [0.1, 0.15) is 23.1 Å². The van der Waals surface area contributed by atoms with Crippen molar-refractivity contribution in [3.8, 4) is 17.0 Å². The Bertz CT molecular complexity index is 2300. The van der Waals surface area contributed by atoms with E-state index in [0.717, 1.165) is 17.2 Å². The summed E-state index contributed by atoms with van der Waals surface area (Å²) in [4.78, 5) is 75.5. The lowest BCUT2D eigenvalue weighted by atomic mass is 9.85. The summed E-state index contributed by atoms with van der Waals surface area (Å²) >= 11 is 0. The number of fused-ring (bicyclic) bond motifs is 1. The molecule has 0 spiro atoms. The van der Waals surface area contributed by atoms with Gasteiger partial charge >= 0.3 is 11.9 Å². The van der Waals surface area contributed by atoms with Crippen LogP contribution in [0.4, 0.5) is 0 Å². The summed E-state index contributed by atoms with van der Waals surface area (Å²) in [5.74, 6) is -4.82. The first-order valence-electron chi connectivity index (χ1n) is 19.9. The lowest BCUT2D eigenvalue weighted by Crippen LogP contribution is -2.52. The number of aryl methyl sites for hydroxylation is 1. The van der Waals surface area contributed by atoms with Crippen molar-refractivity contribution < 1.29 is 46.6 Å². The number of carbonyl (C=O) groups is 5. The molecule has 5 atom stereocenters. The van der Waals surface area contributed by atoms with E-state index < -0.39 is 91.8 Å². The summed E-state index contributed by atoms with van der Waals surface area (Å²) in [6.45, 7) is 17.2. The van der Waals surface area contributed by atoms with Gasteiger partial charge in [0.15, 0.2) is 5.78 Å². The Morgan fingerprint density at radius 2 is 1.69 bits per heavy atom. The Morgan fingerprint density at radius 1 is 1.00 bits per heavy atom. The van der Waals surface area contributed by atoms with Gasteiger partial charge in [0.2, 0.25) is 21.8 Å². The molecule has 13 nitrogen and oxygen atoms in total. The number of sulfonamides is 1. The lowest BCUT2D eigenvalue weighted by molar-refractivity contribution is -0.172. The van der Waals surface area contributed by atoms with Crippen LogP contribution in [0.1, 0.15) is 78.7 Å². The second kappa shape index (κ2) is 16.4. The van der Waals surface area contributed by atoms with Crippen LogP contribution in [0.15, 0.2) is 79.9 Å². The van der Waals surface area contributed by atoms with Crippen LogP contribution in [0, 0.1) is 24.2 Å². The van der Waals surface area contributed by atoms with Crippen molar-refractivity contribution in [1.29, 1.82) is 0 Å². The molecule has 0 radical (unpaired) electrons. The molecule has 2 amide bonds. The number of carbonyl (C=O) groups excluding carboxylic acids is 5. The van der Waals surface area contributed by atoms with Crippen molar-refractivity contribution in [1.82, 2.24) is 14.6 Å². The van der Waals surface area contributed by atoms with E-state index in [1.807, 2.05) is 61.5 Å². The topological polar surface area (TPSA) is 175 Å². The normalized spacial score (nSPS) is 22.2. The zero-order valence-electron chi connectivity index (χ0n) is 34.5. The lowest BCUT2D eigenvalue weighted by Gasteiger charge is -2.36. The zero-order chi connectivity index (χ0) is 43.1. The fourth-order valence-corrected chi connectivity index (χ4v) is 9.22. The molecule has 2 heterocycles. The minimum Gasteiger partial charge on any atom is -0.488 e. The van der Waals surface area contributed by atoms with Gasteiger partial charge in [-0.2, -0.15) is 0 Å². The zero-order valence-corrected chi connectivity index (χ0v) is 35.3. The third kappa shape index (κ3) is 9.75. The smallest absolute Gasteiger partial charge is 0.330 e. The van der Waals surface area contributed by atoms with Crippen molar-refractivity contribution in [3.63, 3.8) is 0 Å². The van der Waals surface area contributed by atoms with Crippen LogP contribution in [0.2, 0.25) is 0 Å². The monoisotopic (exact) mass is 827 g/mol. The van der Waals surface area contributed by atoms with Gasteiger partial charge in [-0.25, -0.2) is 18.2 Å². The second-order valence-corrected chi connectivity index (χ2v) is 19.4. The highest BCUT2D eigenvalue weighted by molar-refractivity contribution is 7.90. The Balaban J connectivity index is 1.38. The van der Waals surface area contributed by atoms with Crippen molar-refractivity contribution in [3.05, 3.63) is 85.5 Å². The molecule has 314 valence electrons. The maximum Gasteiger partial charge on any atom is 0.330 e. The van der Waals surface area contributed by atoms with Gasteiger partial charge in [-0.3, -0.25) is 23.9 Å². The number of amides is 2. The molecule has 0 bridgehead atoms. The van der Waals surface area contributed by atoms with Crippen molar-refractivity contribution in [2.45, 2.75) is 109 Å². The number of nitrogens with zero attached hydrogens (tertiary/aromatic N) is 2. The van der Waals surface area contributed by atoms with E-state index >= 15 is 0 Å². The van der Waals surface area contributed by atoms with Crippen LogP contribution in [-0.2, 0) is 43.5 Å². The molecular weight excluding hydrogens is 775 g/mol. The number of Topliss-reactive ketones (excluding diaryl/α,β-unsaturated/α-hetero) is 1. The van der Waals surface area contributed by atoms with Crippen LogP contribution in [0.3, 0.4) is 0 Å². The fraction of sp³-hybridized carbons (Fsp3) is 0.467. The van der Waals surface area contributed by atoms with E-state index in [-0.39, 0.29) is 25.8 Å². The Labute approximate surface area is 345 Å². The van der Waals surface area contributed by atoms with Gasteiger partial charge in [0.05, 0.1) is 46.8 Å². The predicted molar refractivity (Wildman–Crippen MR) is 221 cm³/mol. The van der Waals surface area contributed by atoms with Crippen LogP contribution < -0.4 is 9.46 Å². The minimum absolute atomic E-state index is 0.00375. The highest BCUT2D eigenvalue weighted by Gasteiger charge is 2.61. The number of rotatable bonds is 16. The standard InChI is InChI=1S/C45H53N3O10S/c1-9-29-24-45(29,42(53)47-59(54,55)31-17-18-31)25-37(49)36-21-30(56-38-23-34(28-14-12-11-13-15-28)46-35-20-27(3)16-19-32(35)38)26-48(36)41(52)33(22-40(51)57-43(4,5)6)44(7,8)58-39(50)10-2/h9-16,19-20,23,29-31,33,36H,1-2,17-18,21-22,24-26H2,3-8H3,(H,47,53)/t29-,30?,33-,36+,45-/m1/s1. The molecular formula is C45H53N3O10S. The van der Waals surface area contributed by atoms with E-state index in [0.29, 0.717) is 35.2 Å². The number of allylic oxidation sites excluding steroid dienone is 1. The average Bonchev–Trinajstić information content (AvgIpc) is 4.09. The molecule has 3 aromatic rings. The molecule has 14 heteroatoms. The van der Waals surface area contributed by atoms with Gasteiger partial charge < -0.3 is 19.1 Å². The molecule has 1 unspecified atom stereocenters. The van der Waals surface area contributed by atoms with Crippen LogP contribution in [-0.4, -0.2) is 83.0 Å². The van der Waals surface area contributed by atoms with E-state index in [4.69, 9.17) is 19.2 Å². The summed E-state index contributed by atoms with van der Waals surface area (Å²) in [5, 5.41) is 0.0551. The molecule has 2 aromatic carbocycles. The molecule has 59 heavy (non-hydrogen) atoms. The van der Waals surface area contributed by atoms with E-state index in [1.165, 1.54) is 24.8 Å². The first-order valence-corrected chi connectivity index (χ1v) is 21.4. The summed E-state index contributed by atoms with van der Waals surface area (Å²) in [6, 6.07) is 16.0. The largest absolute Gasteiger partial charge is 0.488 e. The number of benzene rings is 2. The van der Waals surface area contributed by atoms with Crippen LogP contribution in [0.25, 0.3) is 22.2 Å². The van der Waals surface area contributed by atoms with Gasteiger partial charge in [0.25, 0.3) is 0 Å². The number of nitrogens with one attached hydrogen (secondary N) is 1. The van der Waals surface area contributed by atoms with Gasteiger partial charge in [-0.1, -0.05) is 49.1 Å². The highest BCUT2D eigenvalue weighted by Crippen LogP contribution is 2.57. The molecule has 3 aliphatic rings. The predicted octanol–water partition coefficient (Wildman–Crippen LogP) is 6.17. The number of likely N-dealkylation sites (tertiary alicyclic amines) is 1. The first kappa shape index (κ1) is 43.2. The maximum absolute atomic E-state index is 15.0. The third-order valence-electron chi connectivity index (χ3n) is 11.2. The Kier molecular flexibility index (Phi) is 12.0. The SMILES string of the molecule is C=CC(=O)OC(C)(C)[C@H](CC(=O)OC(C)(C)C)C(=O)N1CC(Oc2cc(-c3ccccc3)nc3cc(C)ccc23)C[C@H]1C(=O)C[C@]1(C(=O)NS(=O)(=O)C2CC2)C[C@H]1C=C. The Hall–Kier alpha value is -5.37. The third-order valence-corrected chi connectivity index (χ3v) is 13.0. The van der Waals surface area contributed by atoms with Crippen LogP contribution in [0.5, 0.6) is 5.75 Å². The molecule has 3 fully saturated rings. The highest BCUT2D eigenvalue weighted by atomic mass is 32.2. The van der Waals surface area contributed by atoms with E-state index in [9.17, 15) is 32.4 Å². The molecule has 1 aromatic heterocycles. The fourth-order valence-electron chi connectivity index (χ4n) is 7.83.